The normalized spacial score (nSPS) is 22.5. The van der Waals surface area contributed by atoms with Crippen molar-refractivity contribution in [3.63, 3.8) is 0 Å². The predicted molar refractivity (Wildman–Crippen MR) is 67.4 cm³/mol. The fourth-order valence-corrected chi connectivity index (χ4v) is 2.47. The highest BCUT2D eigenvalue weighted by Gasteiger charge is 2.35. The van der Waals surface area contributed by atoms with Gasteiger partial charge in [-0.2, -0.15) is 0 Å². The van der Waals surface area contributed by atoms with Crippen LogP contribution >= 0.6 is 0 Å². The molecule has 102 valence electrons. The van der Waals surface area contributed by atoms with Crippen LogP contribution < -0.4 is 10.6 Å². The Morgan fingerprint density at radius 3 is 2.63 bits per heavy atom. The molecule has 1 aromatic rings. The molecule has 0 spiro atoms. The number of carbonyl (C=O) groups is 2. The van der Waals surface area contributed by atoms with Crippen LogP contribution in [0.15, 0.2) is 18.2 Å². The van der Waals surface area contributed by atoms with Gasteiger partial charge in [0.2, 0.25) is 0 Å². The number of aliphatic carboxylic acids is 1. The van der Waals surface area contributed by atoms with Gasteiger partial charge in [-0.15, -0.1) is 0 Å². The van der Waals surface area contributed by atoms with Crippen LogP contribution in [0, 0.1) is 17.7 Å². The molecule has 2 unspecified atom stereocenters. The maximum absolute atomic E-state index is 13.2. The van der Waals surface area contributed by atoms with Crippen LogP contribution in [-0.4, -0.2) is 30.1 Å². The van der Waals surface area contributed by atoms with Crippen LogP contribution in [0.3, 0.4) is 0 Å². The average Bonchev–Trinajstić information content (AvgIpc) is 2.71. The van der Waals surface area contributed by atoms with Crippen molar-refractivity contribution in [2.24, 2.45) is 17.6 Å². The van der Waals surface area contributed by atoms with Gasteiger partial charge in [-0.05, 0) is 24.1 Å². The fourth-order valence-electron chi connectivity index (χ4n) is 2.47. The molecule has 0 saturated carbocycles. The molecular formula is C13H15FN2O3. The Bertz CT molecular complexity index is 533. The highest BCUT2D eigenvalue weighted by atomic mass is 19.1. The number of carboxylic acids is 1. The number of rotatable bonds is 3. The van der Waals surface area contributed by atoms with E-state index >= 15 is 0 Å². The quantitative estimate of drug-likeness (QED) is 0.857. The molecule has 3 N–H and O–H groups in total. The van der Waals surface area contributed by atoms with Crippen LogP contribution in [0.2, 0.25) is 0 Å². The van der Waals surface area contributed by atoms with E-state index in [1.807, 2.05) is 6.92 Å². The summed E-state index contributed by atoms with van der Waals surface area (Å²) in [6.07, 6.45) is 0. The summed E-state index contributed by atoms with van der Waals surface area (Å²) in [4.78, 5) is 24.2. The van der Waals surface area contributed by atoms with Gasteiger partial charge in [0, 0.05) is 18.8 Å². The van der Waals surface area contributed by atoms with Crippen LogP contribution in [-0.2, 0) is 4.79 Å². The number of nitrogens with zero attached hydrogens (tertiary/aromatic N) is 1. The molecule has 6 heteroatoms. The Morgan fingerprint density at radius 2 is 2.11 bits per heavy atom. The lowest BCUT2D eigenvalue weighted by molar-refractivity contribution is -0.142. The van der Waals surface area contributed by atoms with Crippen LogP contribution in [0.4, 0.5) is 10.1 Å². The standard InChI is InChI=1S/C13H15FN2O3/c1-7-5-16(6-10(7)13(18)19)11-3-2-8(14)4-9(11)12(15)17/h2-4,7,10H,5-6H2,1H3,(H2,15,17)(H,18,19). The average molecular weight is 266 g/mol. The molecular weight excluding hydrogens is 251 g/mol. The molecule has 1 aliphatic heterocycles. The van der Waals surface area contributed by atoms with Gasteiger partial charge in [0.15, 0.2) is 0 Å². The van der Waals surface area contributed by atoms with Crippen molar-refractivity contribution in [3.05, 3.63) is 29.6 Å². The van der Waals surface area contributed by atoms with Gasteiger partial charge in [0.25, 0.3) is 5.91 Å². The largest absolute Gasteiger partial charge is 0.481 e. The van der Waals surface area contributed by atoms with Gasteiger partial charge in [-0.25, -0.2) is 4.39 Å². The van der Waals surface area contributed by atoms with E-state index in [0.717, 1.165) is 6.07 Å². The van der Waals surface area contributed by atoms with Crippen LogP contribution in [0.5, 0.6) is 0 Å². The van der Waals surface area contributed by atoms with Crippen molar-refractivity contribution in [1.29, 1.82) is 0 Å². The molecule has 2 atom stereocenters. The lowest BCUT2D eigenvalue weighted by Crippen LogP contribution is -2.26. The van der Waals surface area contributed by atoms with Crippen molar-refractivity contribution in [2.75, 3.05) is 18.0 Å². The summed E-state index contributed by atoms with van der Waals surface area (Å²) in [5.74, 6) is -2.66. The first kappa shape index (κ1) is 13.3. The van der Waals surface area contributed by atoms with Crippen LogP contribution in [0.25, 0.3) is 0 Å². The van der Waals surface area contributed by atoms with Crippen molar-refractivity contribution >= 4 is 17.6 Å². The summed E-state index contributed by atoms with van der Waals surface area (Å²) < 4.78 is 13.2. The third kappa shape index (κ3) is 2.52. The Morgan fingerprint density at radius 1 is 1.42 bits per heavy atom. The first-order valence-corrected chi connectivity index (χ1v) is 5.97. The second-order valence-electron chi connectivity index (χ2n) is 4.85. The molecule has 2 rings (SSSR count). The minimum absolute atomic E-state index is 0.0386. The smallest absolute Gasteiger partial charge is 0.308 e. The van der Waals surface area contributed by atoms with E-state index in [1.165, 1.54) is 12.1 Å². The van der Waals surface area contributed by atoms with E-state index in [2.05, 4.69) is 0 Å². The summed E-state index contributed by atoms with van der Waals surface area (Å²) in [5.41, 5.74) is 5.80. The Kier molecular flexibility index (Phi) is 3.42. The highest BCUT2D eigenvalue weighted by molar-refractivity contribution is 5.98. The Hall–Kier alpha value is -2.11. The Balaban J connectivity index is 2.33. The predicted octanol–water partition coefficient (Wildman–Crippen LogP) is 1.08. The third-order valence-electron chi connectivity index (χ3n) is 3.49. The first-order valence-electron chi connectivity index (χ1n) is 5.97. The van der Waals surface area contributed by atoms with Gasteiger partial charge < -0.3 is 15.7 Å². The lowest BCUT2D eigenvalue weighted by atomic mass is 9.99. The van der Waals surface area contributed by atoms with Gasteiger partial charge in [0.1, 0.15) is 5.82 Å². The number of hydrogen-bond acceptors (Lipinski definition) is 3. The lowest BCUT2D eigenvalue weighted by Gasteiger charge is -2.20. The minimum atomic E-state index is -0.863. The van der Waals surface area contributed by atoms with Gasteiger partial charge in [-0.3, -0.25) is 9.59 Å². The van der Waals surface area contributed by atoms with E-state index in [9.17, 15) is 14.0 Å². The van der Waals surface area contributed by atoms with Crippen molar-refractivity contribution in [3.8, 4) is 0 Å². The summed E-state index contributed by atoms with van der Waals surface area (Å²) in [7, 11) is 0. The summed E-state index contributed by atoms with van der Waals surface area (Å²) in [6.45, 7) is 2.64. The number of carboxylic acid groups (broad SMARTS) is 1. The number of carbonyl (C=O) groups excluding carboxylic acids is 1. The summed E-state index contributed by atoms with van der Waals surface area (Å²) in [5, 5.41) is 9.09. The molecule has 1 aromatic carbocycles. The molecule has 1 fully saturated rings. The molecule has 0 radical (unpaired) electrons. The number of benzene rings is 1. The van der Waals surface area contributed by atoms with E-state index in [0.29, 0.717) is 18.8 Å². The number of halogens is 1. The molecule has 5 nitrogen and oxygen atoms in total. The topological polar surface area (TPSA) is 83.6 Å². The van der Waals surface area contributed by atoms with Crippen LogP contribution in [0.1, 0.15) is 17.3 Å². The van der Waals surface area contributed by atoms with Gasteiger partial charge in [-0.1, -0.05) is 6.92 Å². The third-order valence-corrected chi connectivity index (χ3v) is 3.49. The zero-order chi connectivity index (χ0) is 14.2. The van der Waals surface area contributed by atoms with Gasteiger partial charge in [0.05, 0.1) is 11.5 Å². The number of anilines is 1. The highest BCUT2D eigenvalue weighted by Crippen LogP contribution is 2.30. The molecule has 0 aromatic heterocycles. The van der Waals surface area contributed by atoms with Crippen molar-refractivity contribution in [1.82, 2.24) is 0 Å². The van der Waals surface area contributed by atoms with Crippen molar-refractivity contribution < 1.29 is 19.1 Å². The van der Waals surface area contributed by atoms with E-state index < -0.39 is 23.6 Å². The number of hydrogen-bond donors (Lipinski definition) is 2. The Labute approximate surface area is 109 Å². The second-order valence-corrected chi connectivity index (χ2v) is 4.85. The minimum Gasteiger partial charge on any atom is -0.481 e. The number of primary amides is 1. The maximum Gasteiger partial charge on any atom is 0.308 e. The monoisotopic (exact) mass is 266 g/mol. The molecule has 19 heavy (non-hydrogen) atoms. The maximum atomic E-state index is 13.2. The molecule has 0 aliphatic carbocycles. The molecule has 1 heterocycles. The van der Waals surface area contributed by atoms with Gasteiger partial charge >= 0.3 is 5.97 Å². The first-order chi connectivity index (χ1) is 8.90. The zero-order valence-electron chi connectivity index (χ0n) is 10.5. The fraction of sp³-hybridized carbons (Fsp3) is 0.385. The van der Waals surface area contributed by atoms with E-state index in [1.54, 1.807) is 4.90 Å². The van der Waals surface area contributed by atoms with Crippen molar-refractivity contribution in [2.45, 2.75) is 6.92 Å². The zero-order valence-corrected chi connectivity index (χ0v) is 10.5. The molecule has 1 aliphatic rings. The van der Waals surface area contributed by atoms with E-state index in [-0.39, 0.29) is 11.5 Å². The second kappa shape index (κ2) is 4.87. The summed E-state index contributed by atoms with van der Waals surface area (Å²) >= 11 is 0. The number of nitrogens with two attached hydrogens (primary N) is 1. The number of amides is 1. The molecule has 1 amide bonds. The molecule has 0 bridgehead atoms. The molecule has 1 saturated heterocycles. The SMILES string of the molecule is CC1CN(c2ccc(F)cc2C(N)=O)CC1C(=O)O. The van der Waals surface area contributed by atoms with E-state index in [4.69, 9.17) is 10.8 Å². The summed E-state index contributed by atoms with van der Waals surface area (Å²) in [6, 6.07) is 3.78.